The summed E-state index contributed by atoms with van der Waals surface area (Å²) in [6.07, 6.45) is 5.23. The first-order valence-electron chi connectivity index (χ1n) is 7.60. The van der Waals surface area contributed by atoms with E-state index in [9.17, 15) is 14.4 Å². The second-order valence-corrected chi connectivity index (χ2v) is 5.99. The van der Waals surface area contributed by atoms with Crippen molar-refractivity contribution in [3.8, 4) is 0 Å². The fraction of sp³-hybridized carbons (Fsp3) is 0.312. The van der Waals surface area contributed by atoms with Gasteiger partial charge in [-0.05, 0) is 24.8 Å². The van der Waals surface area contributed by atoms with E-state index in [0.717, 1.165) is 5.56 Å². The number of aryl methyl sites for hydroxylation is 1. The van der Waals surface area contributed by atoms with Crippen molar-refractivity contribution in [3.05, 3.63) is 51.8 Å². The molecule has 0 aliphatic carbocycles. The Hall–Kier alpha value is -2.68. The van der Waals surface area contributed by atoms with Crippen LogP contribution in [0, 0.1) is 6.92 Å². The molecule has 0 aromatic carbocycles. The normalized spacial score (nSPS) is 10.3. The largest absolute Gasteiger partial charge is 0.352 e. The molecule has 2 amide bonds. The number of H-pyrrole nitrogens is 1. The van der Waals surface area contributed by atoms with Crippen molar-refractivity contribution < 1.29 is 9.59 Å². The molecule has 3 N–H and O–H groups in total. The van der Waals surface area contributed by atoms with Crippen LogP contribution in [-0.2, 0) is 11.3 Å². The zero-order valence-corrected chi connectivity index (χ0v) is 14.8. The maximum atomic E-state index is 12.3. The van der Waals surface area contributed by atoms with Crippen LogP contribution in [-0.4, -0.2) is 39.6 Å². The Morgan fingerprint density at radius 1 is 1.32 bits per heavy atom. The molecule has 0 saturated heterocycles. The molecule has 0 saturated carbocycles. The lowest BCUT2D eigenvalue weighted by Crippen LogP contribution is -2.32. The number of nitrogens with zero attached hydrogens (tertiary/aromatic N) is 2. The van der Waals surface area contributed by atoms with Gasteiger partial charge in [-0.25, -0.2) is 4.79 Å². The number of carbonyl (C=O) groups excluding carboxylic acids is 2. The summed E-state index contributed by atoms with van der Waals surface area (Å²) in [5.41, 5.74) is 1.18. The van der Waals surface area contributed by atoms with Crippen molar-refractivity contribution in [1.82, 2.24) is 25.6 Å². The molecule has 8 nitrogen and oxygen atoms in total. The van der Waals surface area contributed by atoms with E-state index < -0.39 is 5.69 Å². The molecule has 0 aliphatic rings. The summed E-state index contributed by atoms with van der Waals surface area (Å²) < 4.78 is 0. The lowest BCUT2D eigenvalue weighted by molar-refractivity contribution is -0.121. The minimum absolute atomic E-state index is 0.149. The maximum Gasteiger partial charge on any atom is 0.346 e. The number of pyridine rings is 1. The predicted molar refractivity (Wildman–Crippen MR) is 94.4 cm³/mol. The van der Waals surface area contributed by atoms with Gasteiger partial charge >= 0.3 is 5.69 Å². The van der Waals surface area contributed by atoms with Crippen LogP contribution in [0.5, 0.6) is 0 Å². The molecule has 25 heavy (non-hydrogen) atoms. The minimum atomic E-state index is -0.492. The van der Waals surface area contributed by atoms with Gasteiger partial charge in [0.1, 0.15) is 5.03 Å². The lowest BCUT2D eigenvalue weighted by atomic mass is 10.2. The number of hydrogen-bond donors (Lipinski definition) is 3. The summed E-state index contributed by atoms with van der Waals surface area (Å²) in [6, 6.07) is 3.66. The van der Waals surface area contributed by atoms with Crippen LogP contribution >= 0.6 is 11.8 Å². The third-order valence-corrected chi connectivity index (χ3v) is 4.04. The Labute approximate surface area is 148 Å². The van der Waals surface area contributed by atoms with Crippen molar-refractivity contribution in [1.29, 1.82) is 0 Å². The van der Waals surface area contributed by atoms with E-state index in [1.807, 2.05) is 6.07 Å². The predicted octanol–water partition coefficient (Wildman–Crippen LogP) is 0.632. The highest BCUT2D eigenvalue weighted by molar-refractivity contribution is 7.98. The van der Waals surface area contributed by atoms with E-state index in [-0.39, 0.29) is 24.8 Å². The van der Waals surface area contributed by atoms with Gasteiger partial charge in [0.05, 0.1) is 5.56 Å². The molecule has 9 heteroatoms. The van der Waals surface area contributed by atoms with Gasteiger partial charge in [-0.2, -0.15) is 4.98 Å². The monoisotopic (exact) mass is 361 g/mol. The van der Waals surface area contributed by atoms with E-state index in [4.69, 9.17) is 0 Å². The fourth-order valence-corrected chi connectivity index (χ4v) is 2.77. The number of aromatic amines is 1. The second-order valence-electron chi connectivity index (χ2n) is 5.20. The summed E-state index contributed by atoms with van der Waals surface area (Å²) in [5.74, 6) is -0.545. The Kier molecular flexibility index (Phi) is 6.70. The number of nitrogens with one attached hydrogen (secondary N) is 3. The van der Waals surface area contributed by atoms with Gasteiger partial charge in [0.2, 0.25) is 5.91 Å². The second kappa shape index (κ2) is 8.97. The molecule has 0 unspecified atom stereocenters. The molecule has 2 heterocycles. The van der Waals surface area contributed by atoms with E-state index in [1.54, 1.807) is 31.6 Å². The number of aromatic nitrogens is 3. The molecule has 2 rings (SSSR count). The first kappa shape index (κ1) is 18.7. The van der Waals surface area contributed by atoms with Crippen LogP contribution in [0.15, 0.2) is 34.3 Å². The summed E-state index contributed by atoms with van der Waals surface area (Å²) in [4.78, 5) is 45.7. The summed E-state index contributed by atoms with van der Waals surface area (Å²) in [6.45, 7) is 2.21. The number of amides is 2. The Bertz CT molecular complexity index is 807. The Morgan fingerprint density at radius 2 is 2.12 bits per heavy atom. The van der Waals surface area contributed by atoms with Crippen molar-refractivity contribution in [2.24, 2.45) is 0 Å². The summed E-state index contributed by atoms with van der Waals surface area (Å²) >= 11 is 1.22. The van der Waals surface area contributed by atoms with Crippen LogP contribution < -0.4 is 16.3 Å². The average molecular weight is 361 g/mol. The van der Waals surface area contributed by atoms with Crippen LogP contribution in [0.2, 0.25) is 0 Å². The van der Waals surface area contributed by atoms with Crippen molar-refractivity contribution in [2.45, 2.75) is 24.9 Å². The third-order valence-electron chi connectivity index (χ3n) is 3.36. The smallest absolute Gasteiger partial charge is 0.346 e. The maximum absolute atomic E-state index is 12.3. The van der Waals surface area contributed by atoms with Crippen LogP contribution in [0.25, 0.3) is 0 Å². The SMILES string of the molecule is CSc1nc(=O)[nH]c(C)c1C(=O)NCCC(=O)NCc1cccnc1. The first-order chi connectivity index (χ1) is 12.0. The number of carbonyl (C=O) groups is 2. The van der Waals surface area contributed by atoms with Gasteiger partial charge in [0.25, 0.3) is 5.91 Å². The van der Waals surface area contributed by atoms with Gasteiger partial charge in [-0.1, -0.05) is 6.07 Å². The molecule has 132 valence electrons. The highest BCUT2D eigenvalue weighted by Gasteiger charge is 2.16. The van der Waals surface area contributed by atoms with Crippen LogP contribution in [0.3, 0.4) is 0 Å². The zero-order valence-electron chi connectivity index (χ0n) is 14.0. The van der Waals surface area contributed by atoms with Gasteiger partial charge in [0, 0.05) is 37.6 Å². The topological polar surface area (TPSA) is 117 Å². The van der Waals surface area contributed by atoms with Gasteiger partial charge < -0.3 is 15.6 Å². The molecule has 0 atom stereocenters. The molecule has 0 fully saturated rings. The molecule has 0 radical (unpaired) electrons. The first-order valence-corrected chi connectivity index (χ1v) is 8.82. The van der Waals surface area contributed by atoms with Crippen molar-refractivity contribution >= 4 is 23.6 Å². The van der Waals surface area contributed by atoms with E-state index in [2.05, 4.69) is 25.6 Å². The summed E-state index contributed by atoms with van der Waals surface area (Å²) in [5, 5.41) is 5.80. The summed E-state index contributed by atoms with van der Waals surface area (Å²) in [7, 11) is 0. The molecule has 0 aliphatic heterocycles. The van der Waals surface area contributed by atoms with Gasteiger partial charge in [-0.3, -0.25) is 14.6 Å². The molecule has 2 aromatic heterocycles. The number of hydrogen-bond acceptors (Lipinski definition) is 6. The van der Waals surface area contributed by atoms with Gasteiger partial charge in [-0.15, -0.1) is 11.8 Å². The van der Waals surface area contributed by atoms with E-state index in [1.165, 1.54) is 11.8 Å². The third kappa shape index (κ3) is 5.42. The molecule has 0 bridgehead atoms. The van der Waals surface area contributed by atoms with Crippen LogP contribution in [0.1, 0.15) is 28.0 Å². The number of thioether (sulfide) groups is 1. The van der Waals surface area contributed by atoms with E-state index >= 15 is 0 Å². The molecular formula is C16H19N5O3S. The van der Waals surface area contributed by atoms with Gasteiger partial charge in [0.15, 0.2) is 0 Å². The molecule has 2 aromatic rings. The standard InChI is InChI=1S/C16H19N5O3S/c1-10-13(15(25-2)21-16(24)20-10)14(23)18-7-5-12(22)19-9-11-4-3-6-17-8-11/h3-4,6,8H,5,7,9H2,1-2H3,(H,18,23)(H,19,22)(H,20,21,24). The minimum Gasteiger partial charge on any atom is -0.352 e. The Balaban J connectivity index is 1.84. The quantitative estimate of drug-likeness (QED) is 0.492. The molecular weight excluding hydrogens is 342 g/mol. The molecule has 0 spiro atoms. The average Bonchev–Trinajstić information content (AvgIpc) is 2.60. The fourth-order valence-electron chi connectivity index (χ4n) is 2.14. The van der Waals surface area contributed by atoms with Crippen molar-refractivity contribution in [2.75, 3.05) is 12.8 Å². The Morgan fingerprint density at radius 3 is 2.80 bits per heavy atom. The highest BCUT2D eigenvalue weighted by atomic mass is 32.2. The van der Waals surface area contributed by atoms with E-state index in [0.29, 0.717) is 22.8 Å². The van der Waals surface area contributed by atoms with Crippen molar-refractivity contribution in [3.63, 3.8) is 0 Å². The number of rotatable bonds is 7. The highest BCUT2D eigenvalue weighted by Crippen LogP contribution is 2.17. The van der Waals surface area contributed by atoms with Crippen LogP contribution in [0.4, 0.5) is 0 Å². The zero-order chi connectivity index (χ0) is 18.2. The lowest BCUT2D eigenvalue weighted by Gasteiger charge is -2.10.